The van der Waals surface area contributed by atoms with Crippen LogP contribution in [0.1, 0.15) is 5.56 Å². The molecule has 0 aliphatic carbocycles. The molecule has 0 radical (unpaired) electrons. The number of nitrogen functional groups attached to an aromatic ring is 1. The lowest BCUT2D eigenvalue weighted by Gasteiger charge is -2.08. The van der Waals surface area contributed by atoms with Crippen LogP contribution in [0.5, 0.6) is 0 Å². The molecule has 4 heteroatoms. The maximum atomic E-state index is 13.3. The maximum Gasteiger partial charge on any atom is 0.146 e. The van der Waals surface area contributed by atoms with E-state index in [1.165, 1.54) is 6.07 Å². The minimum Gasteiger partial charge on any atom is -0.382 e. The van der Waals surface area contributed by atoms with E-state index in [4.69, 9.17) is 5.73 Å². The van der Waals surface area contributed by atoms with Gasteiger partial charge in [-0.3, -0.25) is 0 Å². The average Bonchev–Trinajstić information content (AvgIpc) is 2.30. The molecule has 0 atom stereocenters. The molecular weight excluding hydrogens is 205 g/mol. The zero-order valence-electron chi connectivity index (χ0n) is 8.65. The molecule has 1 aromatic carbocycles. The van der Waals surface area contributed by atoms with Gasteiger partial charge in [-0.1, -0.05) is 18.2 Å². The van der Waals surface area contributed by atoms with Gasteiger partial charge >= 0.3 is 0 Å². The lowest BCUT2D eigenvalue weighted by Crippen LogP contribution is -2.04. The van der Waals surface area contributed by atoms with E-state index in [1.54, 1.807) is 30.5 Å². The van der Waals surface area contributed by atoms with E-state index in [2.05, 4.69) is 10.3 Å². The summed E-state index contributed by atoms with van der Waals surface area (Å²) in [5.74, 6) is 0.191. The number of halogens is 1. The fraction of sp³-hybridized carbons (Fsp3) is 0.0833. The zero-order chi connectivity index (χ0) is 11.4. The summed E-state index contributed by atoms with van der Waals surface area (Å²) in [4.78, 5) is 3.94. The Morgan fingerprint density at radius 3 is 2.75 bits per heavy atom. The first-order valence-corrected chi connectivity index (χ1v) is 4.95. The van der Waals surface area contributed by atoms with Crippen LogP contribution in [0, 0.1) is 5.82 Å². The Balaban J connectivity index is 2.09. The highest BCUT2D eigenvalue weighted by Crippen LogP contribution is 2.15. The molecule has 16 heavy (non-hydrogen) atoms. The number of nitrogens with two attached hydrogens (primary N) is 1. The molecule has 0 unspecified atom stereocenters. The van der Waals surface area contributed by atoms with Gasteiger partial charge in [0, 0.05) is 18.3 Å². The Bertz CT molecular complexity index is 440. The summed E-state index contributed by atoms with van der Waals surface area (Å²) < 4.78 is 13.3. The lowest BCUT2D eigenvalue weighted by molar-refractivity contribution is 0.613. The molecule has 3 nitrogen and oxygen atoms in total. The maximum absolute atomic E-state index is 13.3. The minimum atomic E-state index is -0.225. The smallest absolute Gasteiger partial charge is 0.146 e. The monoisotopic (exact) mass is 217 g/mol. The molecule has 0 aliphatic heterocycles. The van der Waals surface area contributed by atoms with Crippen molar-refractivity contribution in [1.29, 1.82) is 0 Å². The zero-order valence-corrected chi connectivity index (χ0v) is 8.65. The highest BCUT2D eigenvalue weighted by molar-refractivity contribution is 5.60. The van der Waals surface area contributed by atoms with Crippen LogP contribution in [0.15, 0.2) is 42.6 Å². The van der Waals surface area contributed by atoms with E-state index in [0.717, 1.165) is 0 Å². The van der Waals surface area contributed by atoms with Crippen molar-refractivity contribution in [1.82, 2.24) is 4.98 Å². The summed E-state index contributed by atoms with van der Waals surface area (Å²) in [7, 11) is 0. The van der Waals surface area contributed by atoms with Gasteiger partial charge in [0.05, 0.1) is 5.69 Å². The highest BCUT2D eigenvalue weighted by atomic mass is 19.1. The second-order valence-corrected chi connectivity index (χ2v) is 3.38. The Kier molecular flexibility index (Phi) is 3.00. The van der Waals surface area contributed by atoms with Crippen molar-refractivity contribution in [3.05, 3.63) is 54.0 Å². The largest absolute Gasteiger partial charge is 0.382 e. The van der Waals surface area contributed by atoms with Gasteiger partial charge in [-0.2, -0.15) is 0 Å². The van der Waals surface area contributed by atoms with Crippen molar-refractivity contribution in [2.24, 2.45) is 0 Å². The number of nitrogens with one attached hydrogen (secondary N) is 1. The summed E-state index contributed by atoms with van der Waals surface area (Å²) >= 11 is 0. The second kappa shape index (κ2) is 4.61. The number of nitrogens with zero attached hydrogens (tertiary/aromatic N) is 1. The van der Waals surface area contributed by atoms with Gasteiger partial charge in [-0.15, -0.1) is 0 Å². The molecule has 0 bridgehead atoms. The Morgan fingerprint density at radius 1 is 1.19 bits per heavy atom. The third-order valence-electron chi connectivity index (χ3n) is 2.27. The number of aromatic nitrogens is 1. The van der Waals surface area contributed by atoms with Crippen LogP contribution in [0.25, 0.3) is 0 Å². The fourth-order valence-corrected chi connectivity index (χ4v) is 1.40. The van der Waals surface area contributed by atoms with Crippen molar-refractivity contribution in [2.45, 2.75) is 6.54 Å². The van der Waals surface area contributed by atoms with Gasteiger partial charge in [0.15, 0.2) is 0 Å². The number of benzene rings is 1. The van der Waals surface area contributed by atoms with Crippen LogP contribution in [0.4, 0.5) is 15.9 Å². The SMILES string of the molecule is Nc1ncccc1NCc1ccccc1F. The standard InChI is InChI=1S/C12H12FN3/c13-10-5-2-1-4-9(10)8-16-11-6-3-7-15-12(11)14/h1-7,16H,8H2,(H2,14,15). The molecule has 0 saturated carbocycles. The quantitative estimate of drug-likeness (QED) is 0.830. The van der Waals surface area contributed by atoms with E-state index in [0.29, 0.717) is 23.6 Å². The molecule has 1 aromatic heterocycles. The average molecular weight is 217 g/mol. The van der Waals surface area contributed by atoms with Crippen LogP contribution in [0.2, 0.25) is 0 Å². The van der Waals surface area contributed by atoms with E-state index >= 15 is 0 Å². The fourth-order valence-electron chi connectivity index (χ4n) is 1.40. The van der Waals surface area contributed by atoms with Gasteiger partial charge in [0.25, 0.3) is 0 Å². The summed E-state index contributed by atoms with van der Waals surface area (Å²) in [5, 5.41) is 3.04. The van der Waals surface area contributed by atoms with E-state index in [-0.39, 0.29) is 5.82 Å². The van der Waals surface area contributed by atoms with Gasteiger partial charge < -0.3 is 11.1 Å². The first-order chi connectivity index (χ1) is 7.77. The van der Waals surface area contributed by atoms with E-state index in [9.17, 15) is 4.39 Å². The molecule has 0 spiro atoms. The van der Waals surface area contributed by atoms with Crippen LogP contribution in [0.3, 0.4) is 0 Å². The third kappa shape index (κ3) is 2.28. The van der Waals surface area contributed by atoms with Crippen LogP contribution in [-0.2, 0) is 6.54 Å². The second-order valence-electron chi connectivity index (χ2n) is 3.38. The summed E-state index contributed by atoms with van der Waals surface area (Å²) in [6, 6.07) is 10.2. The van der Waals surface area contributed by atoms with E-state index < -0.39 is 0 Å². The number of pyridine rings is 1. The van der Waals surface area contributed by atoms with Crippen LogP contribution < -0.4 is 11.1 Å². The van der Waals surface area contributed by atoms with Crippen molar-refractivity contribution in [3.8, 4) is 0 Å². The molecule has 0 amide bonds. The van der Waals surface area contributed by atoms with E-state index in [1.807, 2.05) is 6.07 Å². The molecule has 0 saturated heterocycles. The molecule has 2 aromatic rings. The predicted molar refractivity (Wildman–Crippen MR) is 62.4 cm³/mol. The molecule has 82 valence electrons. The first-order valence-electron chi connectivity index (χ1n) is 4.95. The summed E-state index contributed by atoms with van der Waals surface area (Å²) in [6.45, 7) is 0.391. The Morgan fingerprint density at radius 2 is 2.00 bits per heavy atom. The van der Waals surface area contributed by atoms with Crippen molar-refractivity contribution >= 4 is 11.5 Å². The van der Waals surface area contributed by atoms with Crippen LogP contribution in [-0.4, -0.2) is 4.98 Å². The van der Waals surface area contributed by atoms with Gasteiger partial charge in [-0.25, -0.2) is 9.37 Å². The molecule has 2 rings (SSSR count). The summed E-state index contributed by atoms with van der Waals surface area (Å²) in [5.41, 5.74) is 6.97. The summed E-state index contributed by atoms with van der Waals surface area (Å²) in [6.07, 6.45) is 1.61. The molecule has 3 N–H and O–H groups in total. The molecule has 0 fully saturated rings. The topological polar surface area (TPSA) is 50.9 Å². The third-order valence-corrected chi connectivity index (χ3v) is 2.27. The molecule has 0 aliphatic rings. The lowest BCUT2D eigenvalue weighted by atomic mass is 10.2. The first kappa shape index (κ1) is 10.4. The Hall–Kier alpha value is -2.10. The number of anilines is 2. The van der Waals surface area contributed by atoms with Crippen molar-refractivity contribution in [3.63, 3.8) is 0 Å². The van der Waals surface area contributed by atoms with Gasteiger partial charge in [0.2, 0.25) is 0 Å². The molecular formula is C12H12FN3. The molecule has 1 heterocycles. The number of rotatable bonds is 3. The normalized spacial score (nSPS) is 10.1. The number of hydrogen-bond donors (Lipinski definition) is 2. The van der Waals surface area contributed by atoms with Crippen molar-refractivity contribution in [2.75, 3.05) is 11.1 Å². The van der Waals surface area contributed by atoms with Crippen molar-refractivity contribution < 1.29 is 4.39 Å². The van der Waals surface area contributed by atoms with Gasteiger partial charge in [-0.05, 0) is 18.2 Å². The minimum absolute atomic E-state index is 0.225. The predicted octanol–water partition coefficient (Wildman–Crippen LogP) is 2.42. The van der Waals surface area contributed by atoms with Crippen LogP contribution >= 0.6 is 0 Å². The van der Waals surface area contributed by atoms with Gasteiger partial charge in [0.1, 0.15) is 11.6 Å². The highest BCUT2D eigenvalue weighted by Gasteiger charge is 2.02. The Labute approximate surface area is 93.1 Å². The number of hydrogen-bond acceptors (Lipinski definition) is 3.